The molecule has 0 bridgehead atoms. The Kier molecular flexibility index (Phi) is 3.44. The van der Waals surface area contributed by atoms with Crippen LogP contribution in [-0.2, 0) is 5.41 Å². The lowest BCUT2D eigenvalue weighted by atomic mass is 9.72. The van der Waals surface area contributed by atoms with E-state index in [0.717, 1.165) is 32.2 Å². The molecule has 1 heterocycles. The quantitative estimate of drug-likeness (QED) is 0.826. The second kappa shape index (κ2) is 4.64. The SMILES string of the molecule is CNCC1(c2cccs2)CCC(O)CC1. The molecular formula is C12H19NOS. The minimum atomic E-state index is -0.0741. The van der Waals surface area contributed by atoms with Crippen molar-refractivity contribution < 1.29 is 5.11 Å². The molecule has 2 nitrogen and oxygen atoms in total. The fraction of sp³-hybridized carbons (Fsp3) is 0.667. The van der Waals surface area contributed by atoms with Crippen molar-refractivity contribution in [3.63, 3.8) is 0 Å². The molecular weight excluding hydrogens is 206 g/mol. The maximum Gasteiger partial charge on any atom is 0.0541 e. The molecule has 1 aliphatic carbocycles. The minimum Gasteiger partial charge on any atom is -0.393 e. The number of aliphatic hydroxyl groups excluding tert-OH is 1. The molecule has 0 radical (unpaired) electrons. The van der Waals surface area contributed by atoms with Crippen molar-refractivity contribution in [3.05, 3.63) is 22.4 Å². The predicted molar refractivity (Wildman–Crippen MR) is 64.4 cm³/mol. The fourth-order valence-corrected chi connectivity index (χ4v) is 3.57. The molecule has 1 aromatic heterocycles. The van der Waals surface area contributed by atoms with Crippen molar-refractivity contribution >= 4 is 11.3 Å². The summed E-state index contributed by atoms with van der Waals surface area (Å²) in [4.78, 5) is 1.48. The van der Waals surface area contributed by atoms with Crippen LogP contribution in [0.2, 0.25) is 0 Å². The van der Waals surface area contributed by atoms with E-state index >= 15 is 0 Å². The van der Waals surface area contributed by atoms with Crippen LogP contribution in [0.4, 0.5) is 0 Å². The van der Waals surface area contributed by atoms with E-state index in [1.807, 2.05) is 18.4 Å². The van der Waals surface area contributed by atoms with E-state index in [9.17, 15) is 5.11 Å². The summed E-state index contributed by atoms with van der Waals surface area (Å²) in [5, 5.41) is 15.0. The largest absolute Gasteiger partial charge is 0.393 e. The van der Waals surface area contributed by atoms with Gasteiger partial charge in [-0.05, 0) is 44.2 Å². The topological polar surface area (TPSA) is 32.3 Å². The second-order valence-electron chi connectivity index (χ2n) is 4.52. The Morgan fingerprint density at radius 2 is 2.27 bits per heavy atom. The van der Waals surface area contributed by atoms with Crippen molar-refractivity contribution in [1.29, 1.82) is 0 Å². The van der Waals surface area contributed by atoms with Gasteiger partial charge < -0.3 is 10.4 Å². The highest BCUT2D eigenvalue weighted by Gasteiger charge is 2.36. The maximum absolute atomic E-state index is 9.59. The molecule has 0 aromatic carbocycles. The average molecular weight is 225 g/mol. The lowest BCUT2D eigenvalue weighted by Crippen LogP contribution is -2.40. The molecule has 3 heteroatoms. The Balaban J connectivity index is 2.18. The highest BCUT2D eigenvalue weighted by molar-refractivity contribution is 7.10. The summed E-state index contributed by atoms with van der Waals surface area (Å²) >= 11 is 1.85. The molecule has 0 aliphatic heterocycles. The van der Waals surface area contributed by atoms with Gasteiger partial charge in [0.2, 0.25) is 0 Å². The van der Waals surface area contributed by atoms with Crippen molar-refractivity contribution in [2.24, 2.45) is 0 Å². The normalized spacial score (nSPS) is 31.7. The average Bonchev–Trinajstić information content (AvgIpc) is 2.76. The Morgan fingerprint density at radius 1 is 1.53 bits per heavy atom. The van der Waals surface area contributed by atoms with Gasteiger partial charge >= 0.3 is 0 Å². The molecule has 0 saturated heterocycles. The molecule has 15 heavy (non-hydrogen) atoms. The van der Waals surface area contributed by atoms with E-state index in [2.05, 4.69) is 22.8 Å². The number of likely N-dealkylation sites (N-methyl/N-ethyl adjacent to an activating group) is 1. The third-order valence-electron chi connectivity index (χ3n) is 3.47. The number of nitrogens with one attached hydrogen (secondary N) is 1. The molecule has 84 valence electrons. The van der Waals surface area contributed by atoms with Crippen LogP contribution in [0.15, 0.2) is 17.5 Å². The minimum absolute atomic E-state index is 0.0741. The van der Waals surface area contributed by atoms with Crippen molar-refractivity contribution in [2.75, 3.05) is 13.6 Å². The van der Waals surface area contributed by atoms with Crippen LogP contribution in [0.1, 0.15) is 30.6 Å². The molecule has 0 atom stereocenters. The van der Waals surface area contributed by atoms with Gasteiger partial charge in [-0.15, -0.1) is 11.3 Å². The highest BCUT2D eigenvalue weighted by Crippen LogP contribution is 2.41. The summed E-state index contributed by atoms with van der Waals surface area (Å²) in [5.41, 5.74) is 0.280. The molecule has 2 rings (SSSR count). The summed E-state index contributed by atoms with van der Waals surface area (Å²) in [5.74, 6) is 0. The standard InChI is InChI=1S/C12H19NOS/c1-13-9-12(11-3-2-8-15-11)6-4-10(14)5-7-12/h2-3,8,10,13-14H,4-7,9H2,1H3. The van der Waals surface area contributed by atoms with E-state index in [1.165, 1.54) is 4.88 Å². The van der Waals surface area contributed by atoms with Gasteiger partial charge in [0.1, 0.15) is 0 Å². The van der Waals surface area contributed by atoms with Gasteiger partial charge in [-0.25, -0.2) is 0 Å². The lowest BCUT2D eigenvalue weighted by molar-refractivity contribution is 0.0963. The zero-order valence-corrected chi connectivity index (χ0v) is 10.0. The van der Waals surface area contributed by atoms with Gasteiger partial charge in [-0.3, -0.25) is 0 Å². The third kappa shape index (κ3) is 2.25. The smallest absolute Gasteiger partial charge is 0.0541 e. The Labute approximate surface area is 95.3 Å². The van der Waals surface area contributed by atoms with Crippen molar-refractivity contribution in [3.8, 4) is 0 Å². The number of aliphatic hydroxyl groups is 1. The Hall–Kier alpha value is -0.380. The van der Waals surface area contributed by atoms with Gasteiger partial charge in [-0.1, -0.05) is 6.07 Å². The van der Waals surface area contributed by atoms with Gasteiger partial charge in [0.05, 0.1) is 6.10 Å². The number of rotatable bonds is 3. The maximum atomic E-state index is 9.59. The lowest BCUT2D eigenvalue weighted by Gasteiger charge is -2.38. The zero-order chi connectivity index (χ0) is 10.7. The summed E-state index contributed by atoms with van der Waals surface area (Å²) in [6.45, 7) is 1.03. The summed E-state index contributed by atoms with van der Waals surface area (Å²) in [7, 11) is 2.01. The van der Waals surface area contributed by atoms with Crippen LogP contribution in [-0.4, -0.2) is 24.8 Å². The molecule has 0 unspecified atom stereocenters. The monoisotopic (exact) mass is 225 g/mol. The van der Waals surface area contributed by atoms with E-state index in [4.69, 9.17) is 0 Å². The zero-order valence-electron chi connectivity index (χ0n) is 9.20. The second-order valence-corrected chi connectivity index (χ2v) is 5.47. The van der Waals surface area contributed by atoms with Gasteiger partial charge in [0.25, 0.3) is 0 Å². The van der Waals surface area contributed by atoms with E-state index in [1.54, 1.807) is 0 Å². The predicted octanol–water partition coefficient (Wildman–Crippen LogP) is 2.14. The third-order valence-corrected chi connectivity index (χ3v) is 4.59. The molecule has 1 fully saturated rings. The first-order chi connectivity index (χ1) is 7.27. The van der Waals surface area contributed by atoms with E-state index in [0.29, 0.717) is 0 Å². The number of hydrogen-bond donors (Lipinski definition) is 2. The van der Waals surface area contributed by atoms with Crippen LogP contribution >= 0.6 is 11.3 Å². The van der Waals surface area contributed by atoms with Crippen molar-refractivity contribution in [2.45, 2.75) is 37.2 Å². The molecule has 0 spiro atoms. The van der Waals surface area contributed by atoms with Crippen LogP contribution in [0.3, 0.4) is 0 Å². The first-order valence-corrected chi connectivity index (χ1v) is 6.51. The fourth-order valence-electron chi connectivity index (χ4n) is 2.58. The molecule has 1 aromatic rings. The van der Waals surface area contributed by atoms with Crippen LogP contribution in [0, 0.1) is 0 Å². The van der Waals surface area contributed by atoms with Crippen LogP contribution < -0.4 is 5.32 Å². The summed E-state index contributed by atoms with van der Waals surface area (Å²) in [6.07, 6.45) is 4.03. The van der Waals surface area contributed by atoms with Gasteiger partial charge in [0, 0.05) is 16.8 Å². The first-order valence-electron chi connectivity index (χ1n) is 5.63. The first kappa shape index (κ1) is 11.1. The summed E-state index contributed by atoms with van der Waals surface area (Å²) in [6, 6.07) is 4.36. The van der Waals surface area contributed by atoms with Crippen LogP contribution in [0.5, 0.6) is 0 Å². The Morgan fingerprint density at radius 3 is 2.80 bits per heavy atom. The number of hydrogen-bond acceptors (Lipinski definition) is 3. The van der Waals surface area contributed by atoms with Crippen molar-refractivity contribution in [1.82, 2.24) is 5.32 Å². The van der Waals surface area contributed by atoms with E-state index < -0.39 is 0 Å². The molecule has 1 aliphatic rings. The highest BCUT2D eigenvalue weighted by atomic mass is 32.1. The molecule has 2 N–H and O–H groups in total. The molecule has 0 amide bonds. The summed E-state index contributed by atoms with van der Waals surface area (Å²) < 4.78 is 0. The molecule has 1 saturated carbocycles. The number of thiophene rings is 1. The Bertz CT molecular complexity index is 289. The van der Waals surface area contributed by atoms with Gasteiger partial charge in [0.15, 0.2) is 0 Å². The van der Waals surface area contributed by atoms with E-state index in [-0.39, 0.29) is 11.5 Å². The van der Waals surface area contributed by atoms with Crippen LogP contribution in [0.25, 0.3) is 0 Å². The van der Waals surface area contributed by atoms with Gasteiger partial charge in [-0.2, -0.15) is 0 Å².